The highest BCUT2D eigenvalue weighted by atomic mass is 19.4. The van der Waals surface area contributed by atoms with Gasteiger partial charge in [-0.1, -0.05) is 6.92 Å². The number of carbonyl (C=O) groups excluding carboxylic acids is 2. The van der Waals surface area contributed by atoms with Gasteiger partial charge in [0.05, 0.1) is 41.5 Å². The third-order valence-electron chi connectivity index (χ3n) is 10.5. The molecule has 1 aromatic carbocycles. The van der Waals surface area contributed by atoms with Gasteiger partial charge >= 0.3 is 6.18 Å². The first-order valence-electron chi connectivity index (χ1n) is 17.1. The summed E-state index contributed by atoms with van der Waals surface area (Å²) in [5.41, 5.74) is -0.758. The molecule has 0 bridgehead atoms. The number of nitrogens with zero attached hydrogens (tertiary/aromatic N) is 9. The van der Waals surface area contributed by atoms with Crippen molar-refractivity contribution in [2.24, 2.45) is 0 Å². The number of aryl methyl sites for hydroxylation is 1. The number of fused-ring (bicyclic) bond motifs is 4. The Morgan fingerprint density at radius 1 is 1.04 bits per heavy atom. The maximum absolute atomic E-state index is 14.9. The van der Waals surface area contributed by atoms with Crippen LogP contribution < -0.4 is 20.4 Å². The average molecular weight is 749 g/mol. The molecule has 6 heterocycles. The Balaban J connectivity index is 1.22. The Morgan fingerprint density at radius 3 is 2.52 bits per heavy atom. The first-order chi connectivity index (χ1) is 25.8. The number of halogens is 4. The van der Waals surface area contributed by atoms with E-state index in [-0.39, 0.29) is 71.5 Å². The lowest BCUT2D eigenvalue weighted by Gasteiger charge is -2.54. The highest BCUT2D eigenvalue weighted by Crippen LogP contribution is 2.46. The van der Waals surface area contributed by atoms with Crippen LogP contribution in [-0.2, 0) is 11.0 Å². The van der Waals surface area contributed by atoms with Crippen molar-refractivity contribution in [3.8, 4) is 17.3 Å². The van der Waals surface area contributed by atoms with Crippen LogP contribution in [-0.4, -0.2) is 88.6 Å². The summed E-state index contributed by atoms with van der Waals surface area (Å²) in [6.45, 7) is 3.82. The number of pyridine rings is 2. The molecule has 2 N–H and O–H groups in total. The number of carbonyl (C=O) groups is 2. The van der Waals surface area contributed by atoms with E-state index >= 15 is 0 Å². The Labute approximate surface area is 303 Å². The van der Waals surface area contributed by atoms with Gasteiger partial charge in [0.25, 0.3) is 5.91 Å². The smallest absolute Gasteiger partial charge is 0.416 e. The topological polar surface area (TPSA) is 173 Å². The molecule has 15 nitrogen and oxygen atoms in total. The molecule has 5 aromatic rings. The summed E-state index contributed by atoms with van der Waals surface area (Å²) in [4.78, 5) is 59.2. The van der Waals surface area contributed by atoms with Crippen molar-refractivity contribution >= 4 is 34.4 Å². The number of nitrogens with one attached hydrogen (secondary N) is 1. The van der Waals surface area contributed by atoms with Crippen LogP contribution in [0.2, 0.25) is 0 Å². The Hall–Kier alpha value is -6.14. The van der Waals surface area contributed by atoms with Gasteiger partial charge in [-0.05, 0) is 50.5 Å². The monoisotopic (exact) mass is 748 g/mol. The molecule has 1 aliphatic carbocycles. The second kappa shape index (κ2) is 12.8. The average Bonchev–Trinajstić information content (AvgIpc) is 3.72. The van der Waals surface area contributed by atoms with Gasteiger partial charge in [0.2, 0.25) is 17.2 Å². The van der Waals surface area contributed by atoms with Crippen LogP contribution in [0.3, 0.4) is 0 Å². The first-order valence-corrected chi connectivity index (χ1v) is 17.1. The normalized spacial score (nSPS) is 20.7. The highest BCUT2D eigenvalue weighted by molar-refractivity contribution is 5.97. The van der Waals surface area contributed by atoms with Gasteiger partial charge in [0.1, 0.15) is 23.9 Å². The van der Waals surface area contributed by atoms with Crippen LogP contribution in [0.4, 0.5) is 28.9 Å². The summed E-state index contributed by atoms with van der Waals surface area (Å²) in [6, 6.07) is 3.31. The quantitative estimate of drug-likeness (QED) is 0.239. The molecule has 0 spiro atoms. The van der Waals surface area contributed by atoms with Gasteiger partial charge in [-0.3, -0.25) is 14.4 Å². The number of rotatable bonds is 6. The number of hydrogen-bond donors (Lipinski definition) is 2. The van der Waals surface area contributed by atoms with E-state index in [4.69, 9.17) is 4.74 Å². The van der Waals surface area contributed by atoms with Crippen molar-refractivity contribution in [1.29, 1.82) is 0 Å². The number of ether oxygens (including phenoxy) is 1. The van der Waals surface area contributed by atoms with Crippen LogP contribution in [0, 0.1) is 12.7 Å². The summed E-state index contributed by atoms with van der Waals surface area (Å²) in [5.74, 6) is -2.91. The minimum absolute atomic E-state index is 0.0621. The lowest BCUT2D eigenvalue weighted by Crippen LogP contribution is -2.67. The summed E-state index contributed by atoms with van der Waals surface area (Å²) in [7, 11) is 1.44. The minimum atomic E-state index is -4.78. The van der Waals surface area contributed by atoms with Gasteiger partial charge in [-0.25, -0.2) is 19.3 Å². The van der Waals surface area contributed by atoms with Gasteiger partial charge in [-0.2, -0.15) is 13.2 Å². The van der Waals surface area contributed by atoms with Crippen molar-refractivity contribution in [2.45, 2.75) is 63.3 Å². The van der Waals surface area contributed by atoms with Crippen LogP contribution in [0.15, 0.2) is 47.7 Å². The molecule has 1 saturated heterocycles. The predicted octanol–water partition coefficient (Wildman–Crippen LogP) is 4.13. The zero-order chi connectivity index (χ0) is 38.2. The van der Waals surface area contributed by atoms with E-state index in [1.54, 1.807) is 28.5 Å². The number of aromatic hydroxyl groups is 1. The molecule has 3 aliphatic rings. The third-order valence-corrected chi connectivity index (χ3v) is 10.5. The van der Waals surface area contributed by atoms with Gasteiger partial charge in [0, 0.05) is 37.3 Å². The van der Waals surface area contributed by atoms with E-state index in [2.05, 4.69) is 30.5 Å². The van der Waals surface area contributed by atoms with Gasteiger partial charge in [-0.15, -0.1) is 15.0 Å². The standard InChI is InChI=1S/C35H32F4N10O5/c1-16-12-24(33(52)43-21-5-4-18(13-20(21)36)35(37,38)39)48-28(16)29(31(51)26-32(48)45-49(44-26)19-8-9-40-25(14-19)54-3)46-10-11-47(23-7-6-22(23)46)34(53)27-30(50)17(2)41-15-42-27/h4-5,8-9,13-16,22-24,50H,6-7,10-12H2,1-3H3,(H,43,52)/t16-,22-,23-,24-/m0/s1. The molecule has 54 heavy (non-hydrogen) atoms. The van der Waals surface area contributed by atoms with Crippen LogP contribution in [0.5, 0.6) is 11.6 Å². The van der Waals surface area contributed by atoms with Crippen molar-refractivity contribution < 1.29 is 37.0 Å². The van der Waals surface area contributed by atoms with E-state index in [0.717, 1.165) is 6.07 Å². The minimum Gasteiger partial charge on any atom is -0.504 e. The van der Waals surface area contributed by atoms with E-state index in [9.17, 15) is 37.1 Å². The Morgan fingerprint density at radius 2 is 1.81 bits per heavy atom. The van der Waals surface area contributed by atoms with E-state index < -0.39 is 52.4 Å². The number of hydrogen-bond acceptors (Lipinski definition) is 11. The summed E-state index contributed by atoms with van der Waals surface area (Å²) < 4.78 is 61.5. The number of piperazine rings is 1. The third kappa shape index (κ3) is 5.56. The molecule has 0 unspecified atom stereocenters. The molecule has 4 atom stereocenters. The van der Waals surface area contributed by atoms with E-state index in [1.807, 2.05) is 11.8 Å². The highest BCUT2D eigenvalue weighted by Gasteiger charge is 2.49. The van der Waals surface area contributed by atoms with Crippen molar-refractivity contribution in [3.05, 3.63) is 81.5 Å². The molecule has 280 valence electrons. The summed E-state index contributed by atoms with van der Waals surface area (Å²) in [5, 5.41) is 22.2. The fourth-order valence-corrected chi connectivity index (χ4v) is 7.69. The molecule has 4 aromatic heterocycles. The number of methoxy groups -OCH3 is 1. The first kappa shape index (κ1) is 34.9. The number of amides is 2. The molecule has 2 fully saturated rings. The maximum Gasteiger partial charge on any atom is 0.416 e. The Kier molecular flexibility index (Phi) is 8.26. The number of anilines is 2. The second-order valence-corrected chi connectivity index (χ2v) is 13.5. The van der Waals surface area contributed by atoms with Gasteiger partial charge < -0.3 is 29.5 Å². The van der Waals surface area contributed by atoms with E-state index in [0.29, 0.717) is 36.4 Å². The zero-order valence-corrected chi connectivity index (χ0v) is 29.0. The number of benzene rings is 1. The van der Waals surface area contributed by atoms with Crippen LogP contribution in [0.25, 0.3) is 16.9 Å². The second-order valence-electron chi connectivity index (χ2n) is 13.5. The number of aromatic nitrogens is 7. The lowest BCUT2D eigenvalue weighted by molar-refractivity contribution is -0.137. The Bertz CT molecular complexity index is 2420. The maximum atomic E-state index is 14.9. The molecular weight excluding hydrogens is 716 g/mol. The van der Waals surface area contributed by atoms with Crippen molar-refractivity contribution in [2.75, 3.05) is 30.4 Å². The molecule has 19 heteroatoms. The van der Waals surface area contributed by atoms with E-state index in [1.165, 1.54) is 24.4 Å². The summed E-state index contributed by atoms with van der Waals surface area (Å²) in [6.07, 6.45) is -0.686. The SMILES string of the molecule is COc1cc(-n2nc3c(=O)c(N4CCN(C(=O)c5ncnc(C)c5O)[C@H]5CC[C@@H]54)c4n(c3n2)[C@H](C(=O)Nc2ccc(C(F)(F)F)cc2F)C[C@@H]4C)ccn1. The largest absolute Gasteiger partial charge is 0.504 e. The fourth-order valence-electron chi connectivity index (χ4n) is 7.69. The zero-order valence-electron chi connectivity index (χ0n) is 29.0. The molecule has 1 saturated carbocycles. The molecule has 0 radical (unpaired) electrons. The number of alkyl halides is 3. The molecule has 2 amide bonds. The predicted molar refractivity (Wildman–Crippen MR) is 183 cm³/mol. The van der Waals surface area contributed by atoms with Crippen molar-refractivity contribution in [3.63, 3.8) is 0 Å². The molecular formula is C35H32F4N10O5. The lowest BCUT2D eigenvalue weighted by atomic mass is 9.81. The molecule has 2 aliphatic heterocycles. The molecule has 8 rings (SSSR count). The van der Waals surface area contributed by atoms with Crippen LogP contribution >= 0.6 is 0 Å². The van der Waals surface area contributed by atoms with Crippen molar-refractivity contribution in [1.82, 2.24) is 39.4 Å². The van der Waals surface area contributed by atoms with Gasteiger partial charge in [0.15, 0.2) is 22.6 Å². The summed E-state index contributed by atoms with van der Waals surface area (Å²) >= 11 is 0. The fraction of sp³-hybridized carbons (Fsp3) is 0.371. The van der Waals surface area contributed by atoms with Crippen LogP contribution in [0.1, 0.15) is 65.6 Å².